The number of hydrogen-bond donors (Lipinski definition) is 2. The number of benzene rings is 1. The van der Waals surface area contributed by atoms with Crippen LogP contribution in [0.5, 0.6) is 0 Å². The molecule has 2 unspecified atom stereocenters. The highest BCUT2D eigenvalue weighted by molar-refractivity contribution is 5.24. The third kappa shape index (κ3) is 5.08. The van der Waals surface area contributed by atoms with Crippen molar-refractivity contribution in [1.29, 1.82) is 0 Å². The number of morpholine rings is 1. The number of nitrogens with one attached hydrogen (secondary N) is 1. The lowest BCUT2D eigenvalue weighted by atomic mass is 10.0. The van der Waals surface area contributed by atoms with Crippen LogP contribution >= 0.6 is 0 Å². The van der Waals surface area contributed by atoms with Gasteiger partial charge in [0.15, 0.2) is 0 Å². The first kappa shape index (κ1) is 16.4. The average Bonchev–Trinajstić information content (AvgIpc) is 2.52. The maximum Gasteiger partial charge on any atom is 0.0932 e. The minimum atomic E-state index is -0.0179. The molecule has 0 spiro atoms. The minimum absolute atomic E-state index is 0.0179. The first-order valence-corrected chi connectivity index (χ1v) is 7.97. The molecular formula is C17H28N2O2. The summed E-state index contributed by atoms with van der Waals surface area (Å²) in [4.78, 5) is 2.39. The Labute approximate surface area is 128 Å². The quantitative estimate of drug-likeness (QED) is 0.803. The Balaban J connectivity index is 1.89. The molecule has 4 heteroatoms. The highest BCUT2D eigenvalue weighted by Crippen LogP contribution is 2.18. The van der Waals surface area contributed by atoms with Gasteiger partial charge in [-0.25, -0.2) is 0 Å². The van der Waals surface area contributed by atoms with Crippen LogP contribution in [0.3, 0.4) is 0 Å². The van der Waals surface area contributed by atoms with Gasteiger partial charge in [-0.1, -0.05) is 36.8 Å². The number of nitrogens with zero attached hydrogens (tertiary/aromatic N) is 1. The van der Waals surface area contributed by atoms with Crippen LogP contribution in [-0.4, -0.2) is 55.5 Å². The van der Waals surface area contributed by atoms with E-state index in [1.54, 1.807) is 0 Å². The van der Waals surface area contributed by atoms with Gasteiger partial charge in [0.1, 0.15) is 0 Å². The van der Waals surface area contributed by atoms with Crippen LogP contribution in [0.4, 0.5) is 0 Å². The maximum absolute atomic E-state index is 9.21. The average molecular weight is 292 g/mol. The van der Waals surface area contributed by atoms with Gasteiger partial charge in [-0.15, -0.1) is 0 Å². The lowest BCUT2D eigenvalue weighted by molar-refractivity contribution is -0.0533. The highest BCUT2D eigenvalue weighted by atomic mass is 16.5. The summed E-state index contributed by atoms with van der Waals surface area (Å²) in [6.45, 7) is 8.91. The number of rotatable bonds is 7. The summed E-state index contributed by atoms with van der Waals surface area (Å²) in [7, 11) is 0. The predicted molar refractivity (Wildman–Crippen MR) is 85.5 cm³/mol. The highest BCUT2D eigenvalue weighted by Gasteiger charge is 2.20. The summed E-state index contributed by atoms with van der Waals surface area (Å²) >= 11 is 0. The predicted octanol–water partition coefficient (Wildman–Crippen LogP) is 1.73. The lowest BCUT2D eigenvalue weighted by Crippen LogP contribution is -2.44. The van der Waals surface area contributed by atoms with Crippen LogP contribution in [0.1, 0.15) is 30.5 Å². The van der Waals surface area contributed by atoms with Crippen LogP contribution in [0.15, 0.2) is 24.3 Å². The molecule has 1 aromatic carbocycles. The Kier molecular flexibility index (Phi) is 6.64. The molecule has 0 radical (unpaired) electrons. The summed E-state index contributed by atoms with van der Waals surface area (Å²) < 4.78 is 5.50. The van der Waals surface area contributed by atoms with Crippen LogP contribution in [0.2, 0.25) is 0 Å². The Morgan fingerprint density at radius 2 is 2.14 bits per heavy atom. The molecule has 1 aliphatic heterocycles. The minimum Gasteiger partial charge on any atom is -0.394 e. The Bertz CT molecular complexity index is 408. The number of aliphatic hydroxyl groups is 1. The van der Waals surface area contributed by atoms with Gasteiger partial charge in [0.05, 0.1) is 19.3 Å². The second kappa shape index (κ2) is 8.49. The molecule has 1 heterocycles. The molecule has 2 rings (SSSR count). The van der Waals surface area contributed by atoms with E-state index < -0.39 is 0 Å². The molecule has 2 atom stereocenters. The summed E-state index contributed by atoms with van der Waals surface area (Å²) in [6, 6.07) is 9.19. The van der Waals surface area contributed by atoms with Crippen LogP contribution in [0, 0.1) is 6.92 Å². The van der Waals surface area contributed by atoms with Gasteiger partial charge in [0, 0.05) is 25.7 Å². The first-order chi connectivity index (χ1) is 10.2. The summed E-state index contributed by atoms with van der Waals surface area (Å²) in [5.41, 5.74) is 2.65. The smallest absolute Gasteiger partial charge is 0.0932 e. The van der Waals surface area contributed by atoms with E-state index in [0.29, 0.717) is 6.04 Å². The summed E-state index contributed by atoms with van der Waals surface area (Å²) in [5, 5.41) is 12.8. The fourth-order valence-electron chi connectivity index (χ4n) is 2.84. The molecular weight excluding hydrogens is 264 g/mol. The third-order valence-electron chi connectivity index (χ3n) is 4.09. The monoisotopic (exact) mass is 292 g/mol. The van der Waals surface area contributed by atoms with Crippen LogP contribution in [-0.2, 0) is 4.74 Å². The van der Waals surface area contributed by atoms with E-state index in [2.05, 4.69) is 48.3 Å². The van der Waals surface area contributed by atoms with Crippen molar-refractivity contribution in [1.82, 2.24) is 10.2 Å². The molecule has 21 heavy (non-hydrogen) atoms. The van der Waals surface area contributed by atoms with Gasteiger partial charge in [-0.05, 0) is 25.5 Å². The number of aliphatic hydroxyl groups excluding tert-OH is 1. The number of ether oxygens (including phenoxy) is 1. The van der Waals surface area contributed by atoms with Crippen molar-refractivity contribution in [2.75, 3.05) is 39.4 Å². The molecule has 1 saturated heterocycles. The summed E-state index contributed by atoms with van der Waals surface area (Å²) in [6.07, 6.45) is 1.06. The molecule has 2 N–H and O–H groups in total. The topological polar surface area (TPSA) is 44.7 Å². The van der Waals surface area contributed by atoms with E-state index in [1.807, 2.05) is 0 Å². The van der Waals surface area contributed by atoms with Gasteiger partial charge in [-0.3, -0.25) is 4.90 Å². The zero-order valence-electron chi connectivity index (χ0n) is 13.2. The van der Waals surface area contributed by atoms with E-state index in [0.717, 1.165) is 39.2 Å². The molecule has 1 aliphatic rings. The first-order valence-electron chi connectivity index (χ1n) is 7.97. The largest absolute Gasteiger partial charge is 0.394 e. The van der Waals surface area contributed by atoms with Gasteiger partial charge in [0.2, 0.25) is 0 Å². The Morgan fingerprint density at radius 1 is 1.38 bits per heavy atom. The summed E-state index contributed by atoms with van der Waals surface area (Å²) in [5.74, 6) is 0. The molecule has 0 amide bonds. The standard InChI is InChI=1S/C17H28N2O2/c1-3-18-17(15-6-4-14(2)5-7-15)8-9-19-10-11-21-16(12-19)13-20/h4-7,16-18,20H,3,8-13H2,1-2H3. The Hall–Kier alpha value is -0.940. The molecule has 4 nitrogen and oxygen atoms in total. The molecule has 0 aromatic heterocycles. The number of hydrogen-bond acceptors (Lipinski definition) is 4. The zero-order chi connectivity index (χ0) is 15.1. The van der Waals surface area contributed by atoms with Gasteiger partial charge in [0.25, 0.3) is 0 Å². The van der Waals surface area contributed by atoms with Gasteiger partial charge in [-0.2, -0.15) is 0 Å². The second-order valence-corrected chi connectivity index (χ2v) is 5.79. The second-order valence-electron chi connectivity index (χ2n) is 5.79. The molecule has 118 valence electrons. The van der Waals surface area contributed by atoms with E-state index >= 15 is 0 Å². The maximum atomic E-state index is 9.21. The molecule has 0 aliphatic carbocycles. The van der Waals surface area contributed by atoms with E-state index in [-0.39, 0.29) is 12.7 Å². The molecule has 0 bridgehead atoms. The van der Waals surface area contributed by atoms with Crippen molar-refractivity contribution >= 4 is 0 Å². The normalized spacial score (nSPS) is 21.4. The van der Waals surface area contributed by atoms with Crippen molar-refractivity contribution in [2.24, 2.45) is 0 Å². The van der Waals surface area contributed by atoms with Crippen molar-refractivity contribution in [3.63, 3.8) is 0 Å². The Morgan fingerprint density at radius 3 is 2.81 bits per heavy atom. The molecule has 1 aromatic rings. The van der Waals surface area contributed by atoms with Crippen molar-refractivity contribution in [3.8, 4) is 0 Å². The van der Waals surface area contributed by atoms with Crippen LogP contribution in [0.25, 0.3) is 0 Å². The number of aryl methyl sites for hydroxylation is 1. The fraction of sp³-hybridized carbons (Fsp3) is 0.647. The zero-order valence-corrected chi connectivity index (χ0v) is 13.2. The van der Waals surface area contributed by atoms with Crippen LogP contribution < -0.4 is 5.32 Å². The van der Waals surface area contributed by atoms with Crippen molar-refractivity contribution < 1.29 is 9.84 Å². The van der Waals surface area contributed by atoms with E-state index in [9.17, 15) is 5.11 Å². The van der Waals surface area contributed by atoms with E-state index in [4.69, 9.17) is 4.74 Å². The fourth-order valence-corrected chi connectivity index (χ4v) is 2.84. The third-order valence-corrected chi connectivity index (χ3v) is 4.09. The molecule has 1 fully saturated rings. The van der Waals surface area contributed by atoms with E-state index in [1.165, 1.54) is 11.1 Å². The lowest BCUT2D eigenvalue weighted by Gasteiger charge is -2.33. The van der Waals surface area contributed by atoms with Crippen molar-refractivity contribution in [3.05, 3.63) is 35.4 Å². The molecule has 0 saturated carbocycles. The van der Waals surface area contributed by atoms with Gasteiger partial charge >= 0.3 is 0 Å². The van der Waals surface area contributed by atoms with Crippen molar-refractivity contribution in [2.45, 2.75) is 32.4 Å². The SMILES string of the molecule is CCNC(CCN1CCOC(CO)C1)c1ccc(C)cc1. The van der Waals surface area contributed by atoms with Gasteiger partial charge < -0.3 is 15.2 Å².